The van der Waals surface area contributed by atoms with Gasteiger partial charge in [0.05, 0.1) is 25.4 Å². The number of hydrogen-bond donors (Lipinski definition) is 0. The lowest BCUT2D eigenvalue weighted by atomic mass is 10.2. The lowest BCUT2D eigenvalue weighted by Gasteiger charge is -2.27. The molecule has 8 heteroatoms. The summed E-state index contributed by atoms with van der Waals surface area (Å²) >= 11 is 1.61. The van der Waals surface area contributed by atoms with Crippen LogP contribution in [0.1, 0.15) is 28.8 Å². The number of hydrogen-bond acceptors (Lipinski definition) is 5. The van der Waals surface area contributed by atoms with Crippen LogP contribution < -0.4 is 0 Å². The SMILES string of the molecule is Cc1ccsc1CN(Cc1ccccc1)C(=O)CN(CC1CCCO1)S(C)(=O)=O. The largest absolute Gasteiger partial charge is 0.377 e. The van der Waals surface area contributed by atoms with Crippen molar-refractivity contribution in [2.24, 2.45) is 0 Å². The molecule has 1 aromatic heterocycles. The fourth-order valence-electron chi connectivity index (χ4n) is 3.36. The molecule has 2 aromatic rings. The number of amides is 1. The van der Waals surface area contributed by atoms with Gasteiger partial charge in [0.25, 0.3) is 0 Å². The van der Waals surface area contributed by atoms with E-state index in [-0.39, 0.29) is 25.1 Å². The summed E-state index contributed by atoms with van der Waals surface area (Å²) in [6.07, 6.45) is 2.76. The van der Waals surface area contributed by atoms with Gasteiger partial charge >= 0.3 is 0 Å². The second-order valence-electron chi connectivity index (χ2n) is 7.45. The average molecular weight is 437 g/mol. The Morgan fingerprint density at radius 2 is 1.97 bits per heavy atom. The fraction of sp³-hybridized carbons (Fsp3) is 0.476. The summed E-state index contributed by atoms with van der Waals surface area (Å²) in [5.41, 5.74) is 2.15. The predicted molar refractivity (Wildman–Crippen MR) is 115 cm³/mol. The molecule has 0 N–H and O–H groups in total. The number of nitrogens with zero attached hydrogens (tertiary/aromatic N) is 2. The van der Waals surface area contributed by atoms with E-state index < -0.39 is 10.0 Å². The van der Waals surface area contributed by atoms with Crippen molar-refractivity contribution in [2.45, 2.75) is 39.0 Å². The molecule has 1 aliphatic heterocycles. The van der Waals surface area contributed by atoms with Gasteiger partial charge in [0.1, 0.15) is 0 Å². The molecule has 1 aliphatic rings. The first-order valence-corrected chi connectivity index (χ1v) is 12.5. The summed E-state index contributed by atoms with van der Waals surface area (Å²) in [5.74, 6) is -0.204. The van der Waals surface area contributed by atoms with Crippen LogP contribution in [0.5, 0.6) is 0 Å². The minimum atomic E-state index is -3.52. The van der Waals surface area contributed by atoms with Crippen molar-refractivity contribution in [3.05, 3.63) is 57.8 Å². The van der Waals surface area contributed by atoms with Crippen molar-refractivity contribution < 1.29 is 17.9 Å². The highest BCUT2D eigenvalue weighted by Gasteiger charge is 2.28. The summed E-state index contributed by atoms with van der Waals surface area (Å²) in [5, 5.41) is 2.01. The first kappa shape index (κ1) is 22.0. The highest BCUT2D eigenvalue weighted by molar-refractivity contribution is 7.88. The van der Waals surface area contributed by atoms with Crippen molar-refractivity contribution >= 4 is 27.3 Å². The van der Waals surface area contributed by atoms with Gasteiger partial charge in [-0.2, -0.15) is 4.31 Å². The monoisotopic (exact) mass is 436 g/mol. The number of benzene rings is 1. The second kappa shape index (κ2) is 9.84. The van der Waals surface area contributed by atoms with Crippen LogP contribution in [0.2, 0.25) is 0 Å². The first-order valence-electron chi connectivity index (χ1n) is 9.74. The van der Waals surface area contributed by atoms with Gasteiger partial charge in [0.2, 0.25) is 15.9 Å². The highest BCUT2D eigenvalue weighted by atomic mass is 32.2. The number of rotatable bonds is 9. The molecule has 1 unspecified atom stereocenters. The zero-order chi connectivity index (χ0) is 20.9. The van der Waals surface area contributed by atoms with E-state index in [0.29, 0.717) is 19.7 Å². The van der Waals surface area contributed by atoms with Crippen LogP contribution in [0.3, 0.4) is 0 Å². The molecule has 2 heterocycles. The van der Waals surface area contributed by atoms with Gasteiger partial charge < -0.3 is 9.64 Å². The van der Waals surface area contributed by atoms with Gasteiger partial charge in [-0.1, -0.05) is 30.3 Å². The lowest BCUT2D eigenvalue weighted by Crippen LogP contribution is -2.44. The summed E-state index contributed by atoms with van der Waals surface area (Å²) in [6, 6.07) is 11.8. The van der Waals surface area contributed by atoms with Gasteiger partial charge in [0, 0.05) is 24.6 Å². The molecule has 6 nitrogen and oxygen atoms in total. The molecule has 1 amide bonds. The second-order valence-corrected chi connectivity index (χ2v) is 10.4. The molecule has 1 saturated heterocycles. The first-order chi connectivity index (χ1) is 13.8. The van der Waals surface area contributed by atoms with E-state index in [1.54, 1.807) is 16.2 Å². The van der Waals surface area contributed by atoms with Crippen molar-refractivity contribution in [2.75, 3.05) is 26.0 Å². The molecule has 0 radical (unpaired) electrons. The predicted octanol–water partition coefficient (Wildman–Crippen LogP) is 3.03. The maximum absolute atomic E-state index is 13.2. The standard InChI is InChI=1S/C21H28N2O4S2/c1-17-10-12-28-20(17)15-22(13-18-7-4-3-5-8-18)21(24)16-23(29(2,25)26)14-19-9-6-11-27-19/h3-5,7-8,10,12,19H,6,9,11,13-16H2,1-2H3. The molecule has 3 rings (SSSR count). The van der Waals surface area contributed by atoms with Crippen LogP contribution in [0.15, 0.2) is 41.8 Å². The molecule has 1 atom stereocenters. The highest BCUT2D eigenvalue weighted by Crippen LogP contribution is 2.20. The molecule has 0 aliphatic carbocycles. The molecule has 158 valence electrons. The fourth-order valence-corrected chi connectivity index (χ4v) is 5.06. The Kier molecular flexibility index (Phi) is 7.45. The number of carbonyl (C=O) groups is 1. The minimum Gasteiger partial charge on any atom is -0.377 e. The van der Waals surface area contributed by atoms with E-state index in [1.807, 2.05) is 48.7 Å². The number of sulfonamides is 1. The zero-order valence-electron chi connectivity index (χ0n) is 16.9. The maximum Gasteiger partial charge on any atom is 0.238 e. The molecular weight excluding hydrogens is 408 g/mol. The summed E-state index contributed by atoms with van der Waals surface area (Å²) in [6.45, 7) is 3.63. The van der Waals surface area contributed by atoms with Crippen LogP contribution in [-0.4, -0.2) is 55.6 Å². The molecule has 0 bridgehead atoms. The molecule has 1 aromatic carbocycles. The Bertz CT molecular complexity index is 906. The Labute approximate surface area is 177 Å². The van der Waals surface area contributed by atoms with Crippen LogP contribution in [0.25, 0.3) is 0 Å². The third-order valence-electron chi connectivity index (χ3n) is 5.08. The van der Waals surface area contributed by atoms with Gasteiger partial charge in [-0.15, -0.1) is 11.3 Å². The van der Waals surface area contributed by atoms with E-state index in [9.17, 15) is 13.2 Å². The van der Waals surface area contributed by atoms with E-state index in [0.717, 1.165) is 35.1 Å². The van der Waals surface area contributed by atoms with E-state index in [2.05, 4.69) is 0 Å². The Morgan fingerprint density at radius 1 is 1.21 bits per heavy atom. The van der Waals surface area contributed by atoms with Gasteiger partial charge in [0.15, 0.2) is 0 Å². The smallest absolute Gasteiger partial charge is 0.238 e. The van der Waals surface area contributed by atoms with Crippen molar-refractivity contribution in [1.82, 2.24) is 9.21 Å². The van der Waals surface area contributed by atoms with E-state index in [4.69, 9.17) is 4.74 Å². The van der Waals surface area contributed by atoms with Gasteiger partial charge in [-0.25, -0.2) is 8.42 Å². The summed E-state index contributed by atoms with van der Waals surface area (Å²) < 4.78 is 31.5. The molecule has 29 heavy (non-hydrogen) atoms. The third-order valence-corrected chi connectivity index (χ3v) is 7.31. The van der Waals surface area contributed by atoms with E-state index in [1.165, 1.54) is 4.31 Å². The summed E-state index contributed by atoms with van der Waals surface area (Å²) in [4.78, 5) is 16.0. The van der Waals surface area contributed by atoms with E-state index >= 15 is 0 Å². The molecule has 0 saturated carbocycles. The maximum atomic E-state index is 13.2. The van der Waals surface area contributed by atoms with Crippen LogP contribution in [-0.2, 0) is 32.6 Å². The average Bonchev–Trinajstić information content (AvgIpc) is 3.33. The summed E-state index contributed by atoms with van der Waals surface area (Å²) in [7, 11) is -3.52. The minimum absolute atomic E-state index is 0.139. The molecule has 0 spiro atoms. The normalized spacial score (nSPS) is 17.0. The molecular formula is C21H28N2O4S2. The Morgan fingerprint density at radius 3 is 2.55 bits per heavy atom. The number of thiophene rings is 1. The quantitative estimate of drug-likeness (QED) is 0.606. The van der Waals surface area contributed by atoms with Crippen LogP contribution >= 0.6 is 11.3 Å². The topological polar surface area (TPSA) is 66.9 Å². The zero-order valence-corrected chi connectivity index (χ0v) is 18.5. The van der Waals surface area contributed by atoms with Gasteiger partial charge in [-0.05, 0) is 42.3 Å². The van der Waals surface area contributed by atoms with Crippen LogP contribution in [0, 0.1) is 6.92 Å². The Hall–Kier alpha value is -1.74. The lowest BCUT2D eigenvalue weighted by molar-refractivity contribution is -0.132. The number of ether oxygens (including phenoxy) is 1. The number of aryl methyl sites for hydroxylation is 1. The third kappa shape index (κ3) is 6.37. The number of carbonyl (C=O) groups excluding carboxylic acids is 1. The van der Waals surface area contributed by atoms with Crippen molar-refractivity contribution in [1.29, 1.82) is 0 Å². The Balaban J connectivity index is 1.76. The van der Waals surface area contributed by atoms with Crippen molar-refractivity contribution in [3.63, 3.8) is 0 Å². The van der Waals surface area contributed by atoms with Crippen molar-refractivity contribution in [3.8, 4) is 0 Å². The molecule has 1 fully saturated rings. The van der Waals surface area contributed by atoms with Gasteiger partial charge in [-0.3, -0.25) is 4.79 Å². The van der Waals surface area contributed by atoms with Crippen LogP contribution in [0.4, 0.5) is 0 Å².